The average Bonchev–Trinajstić information content (AvgIpc) is 3.12. The molecule has 0 saturated carbocycles. The fourth-order valence-electron chi connectivity index (χ4n) is 4.07. The van der Waals surface area contributed by atoms with E-state index in [4.69, 9.17) is 17.3 Å². The van der Waals surface area contributed by atoms with Crippen molar-refractivity contribution in [2.24, 2.45) is 5.73 Å². The van der Waals surface area contributed by atoms with E-state index in [9.17, 15) is 18.0 Å². The Bertz CT molecular complexity index is 1140. The predicted molar refractivity (Wildman–Crippen MR) is 137 cm³/mol. The van der Waals surface area contributed by atoms with E-state index < -0.39 is 28.0 Å². The van der Waals surface area contributed by atoms with E-state index in [1.165, 1.54) is 11.0 Å². The smallest absolute Gasteiger partial charge is 0.245 e. The minimum absolute atomic E-state index is 0. The van der Waals surface area contributed by atoms with E-state index in [1.54, 1.807) is 42.2 Å². The summed E-state index contributed by atoms with van der Waals surface area (Å²) in [4.78, 5) is 29.3. The first kappa shape index (κ1) is 28.3. The van der Waals surface area contributed by atoms with E-state index in [0.717, 1.165) is 10.8 Å². The molecule has 11 heteroatoms. The van der Waals surface area contributed by atoms with Crippen LogP contribution in [0.3, 0.4) is 0 Å². The summed E-state index contributed by atoms with van der Waals surface area (Å²) < 4.78 is 28.5. The van der Waals surface area contributed by atoms with Gasteiger partial charge in [0, 0.05) is 24.2 Å². The number of carbonyl (C=O) groups is 2. The first-order valence-corrected chi connectivity index (χ1v) is 12.9. The van der Waals surface area contributed by atoms with Crippen LogP contribution in [0, 0.1) is 0 Å². The van der Waals surface area contributed by atoms with Crippen LogP contribution in [0.5, 0.6) is 0 Å². The molecule has 1 heterocycles. The van der Waals surface area contributed by atoms with Gasteiger partial charge in [0.15, 0.2) is 0 Å². The maximum Gasteiger partial charge on any atom is 0.245 e. The van der Waals surface area contributed by atoms with Crippen molar-refractivity contribution in [1.82, 2.24) is 14.5 Å². The lowest BCUT2D eigenvalue weighted by Crippen LogP contribution is -2.52. The van der Waals surface area contributed by atoms with Crippen LogP contribution in [0.4, 0.5) is 0 Å². The van der Waals surface area contributed by atoms with Crippen molar-refractivity contribution in [2.45, 2.75) is 56.6 Å². The van der Waals surface area contributed by atoms with E-state index in [1.807, 2.05) is 13.8 Å². The molecule has 34 heavy (non-hydrogen) atoms. The molecule has 8 nitrogen and oxygen atoms in total. The third-order valence-electron chi connectivity index (χ3n) is 5.96. The second-order valence-electron chi connectivity index (χ2n) is 8.59. The van der Waals surface area contributed by atoms with Crippen LogP contribution in [-0.4, -0.2) is 67.8 Å². The number of benzene rings is 2. The quantitative estimate of drug-likeness (QED) is 0.517. The Kier molecular flexibility index (Phi) is 9.73. The van der Waals surface area contributed by atoms with Gasteiger partial charge < -0.3 is 15.5 Å². The summed E-state index contributed by atoms with van der Waals surface area (Å²) >= 11 is 6.00. The van der Waals surface area contributed by atoms with Crippen LogP contribution in [0.25, 0.3) is 10.8 Å². The number of amides is 2. The highest BCUT2D eigenvalue weighted by Crippen LogP contribution is 2.24. The molecule has 2 atom stereocenters. The number of sulfonamides is 1. The Hall–Kier alpha value is -1.91. The first-order valence-electron chi connectivity index (χ1n) is 11.1. The maximum absolute atomic E-state index is 13.0. The van der Waals surface area contributed by atoms with Crippen LogP contribution < -0.4 is 10.5 Å². The van der Waals surface area contributed by atoms with Crippen molar-refractivity contribution in [1.29, 1.82) is 0 Å². The van der Waals surface area contributed by atoms with Gasteiger partial charge in [0.25, 0.3) is 0 Å². The zero-order valence-electron chi connectivity index (χ0n) is 19.5. The largest absolute Gasteiger partial charge is 0.338 e. The number of fused-ring (bicyclic) bond motifs is 1. The average molecular weight is 532 g/mol. The summed E-state index contributed by atoms with van der Waals surface area (Å²) in [6.45, 7) is 6.81. The lowest BCUT2D eigenvalue weighted by molar-refractivity contribution is -0.144. The number of nitrogens with two attached hydrogens (primary N) is 1. The molecule has 0 aromatic heterocycles. The van der Waals surface area contributed by atoms with Gasteiger partial charge in [-0.3, -0.25) is 9.59 Å². The van der Waals surface area contributed by atoms with Crippen molar-refractivity contribution in [3.05, 3.63) is 41.4 Å². The van der Waals surface area contributed by atoms with Crippen LogP contribution in [0.2, 0.25) is 5.02 Å². The number of rotatable bonds is 9. The third kappa shape index (κ3) is 6.20. The van der Waals surface area contributed by atoms with Crippen molar-refractivity contribution in [3.8, 4) is 0 Å². The Morgan fingerprint density at radius 3 is 2.50 bits per heavy atom. The molecule has 2 amide bonds. The van der Waals surface area contributed by atoms with Gasteiger partial charge in [-0.2, -0.15) is 4.72 Å². The van der Waals surface area contributed by atoms with Crippen molar-refractivity contribution in [2.75, 3.05) is 19.6 Å². The number of hydrogen-bond acceptors (Lipinski definition) is 5. The van der Waals surface area contributed by atoms with Gasteiger partial charge >= 0.3 is 0 Å². The SMILES string of the molecule is CC(C)N(CCCN)C(=O)[C@H](C)N1CC[C@H](NS(=O)(=O)c2ccc3cc(Cl)ccc3c2)C1=O.Cl. The molecule has 1 fully saturated rings. The Morgan fingerprint density at radius 2 is 1.85 bits per heavy atom. The number of halogens is 2. The Balaban J connectivity index is 0.00000408. The van der Waals surface area contributed by atoms with Gasteiger partial charge in [-0.05, 0) is 75.2 Å². The molecule has 188 valence electrons. The minimum atomic E-state index is -3.93. The predicted octanol–water partition coefficient (Wildman–Crippen LogP) is 2.77. The highest BCUT2D eigenvalue weighted by molar-refractivity contribution is 7.89. The summed E-state index contributed by atoms with van der Waals surface area (Å²) in [7, 11) is -3.93. The molecule has 0 spiro atoms. The second-order valence-corrected chi connectivity index (χ2v) is 10.7. The Labute approximate surface area is 212 Å². The first-order chi connectivity index (χ1) is 15.5. The van der Waals surface area contributed by atoms with Crippen molar-refractivity contribution >= 4 is 56.6 Å². The van der Waals surface area contributed by atoms with E-state index in [-0.39, 0.29) is 29.3 Å². The van der Waals surface area contributed by atoms with Crippen LogP contribution in [0.1, 0.15) is 33.6 Å². The molecule has 1 saturated heterocycles. The summed E-state index contributed by atoms with van der Waals surface area (Å²) in [5, 5.41) is 2.11. The number of hydrogen-bond donors (Lipinski definition) is 2. The fraction of sp³-hybridized carbons (Fsp3) is 0.478. The molecule has 2 aromatic carbocycles. The standard InChI is InChI=1S/C23H31ClN4O4S.ClH/c1-15(2)27(11-4-10-25)22(29)16(3)28-12-9-21(23(28)30)26-33(31,32)20-8-6-17-13-19(24)7-5-18(17)14-20;/h5-8,13-16,21,26H,4,9-12,25H2,1-3H3;1H/t16-,21-;/m0./s1. The van der Waals surface area contributed by atoms with Gasteiger partial charge in [0.1, 0.15) is 12.1 Å². The molecule has 0 unspecified atom stereocenters. The normalized spacial score (nSPS) is 17.2. The van der Waals surface area contributed by atoms with Crippen LogP contribution in [-0.2, 0) is 19.6 Å². The molecule has 1 aliphatic heterocycles. The summed E-state index contributed by atoms with van der Waals surface area (Å²) in [6.07, 6.45) is 0.967. The molecular formula is C23H32Cl2N4O4S. The Morgan fingerprint density at radius 1 is 1.21 bits per heavy atom. The van der Waals surface area contributed by atoms with Gasteiger partial charge in [0.2, 0.25) is 21.8 Å². The maximum atomic E-state index is 13.0. The number of nitrogens with zero attached hydrogens (tertiary/aromatic N) is 2. The van der Waals surface area contributed by atoms with Crippen molar-refractivity contribution in [3.63, 3.8) is 0 Å². The van der Waals surface area contributed by atoms with Gasteiger partial charge in [-0.1, -0.05) is 23.7 Å². The van der Waals surface area contributed by atoms with Crippen LogP contribution in [0.15, 0.2) is 41.3 Å². The minimum Gasteiger partial charge on any atom is -0.338 e. The number of likely N-dealkylation sites (tertiary alicyclic amines) is 1. The molecular weight excluding hydrogens is 499 g/mol. The summed E-state index contributed by atoms with van der Waals surface area (Å²) in [5.41, 5.74) is 5.59. The number of nitrogens with one attached hydrogen (secondary N) is 1. The molecule has 2 aromatic rings. The zero-order chi connectivity index (χ0) is 24.3. The molecule has 0 bridgehead atoms. The highest BCUT2D eigenvalue weighted by atomic mass is 35.5. The van der Waals surface area contributed by atoms with Gasteiger partial charge in [0.05, 0.1) is 4.90 Å². The van der Waals surface area contributed by atoms with E-state index in [2.05, 4.69) is 4.72 Å². The molecule has 0 aliphatic carbocycles. The third-order valence-corrected chi connectivity index (χ3v) is 7.66. The monoisotopic (exact) mass is 530 g/mol. The topological polar surface area (TPSA) is 113 Å². The van der Waals surface area contributed by atoms with Gasteiger partial charge in [-0.25, -0.2) is 8.42 Å². The summed E-state index contributed by atoms with van der Waals surface area (Å²) in [6, 6.07) is 8.29. The van der Waals surface area contributed by atoms with E-state index in [0.29, 0.717) is 37.5 Å². The molecule has 0 radical (unpaired) electrons. The highest BCUT2D eigenvalue weighted by Gasteiger charge is 2.40. The van der Waals surface area contributed by atoms with Gasteiger partial charge in [-0.15, -0.1) is 12.4 Å². The molecule has 3 rings (SSSR count). The van der Waals surface area contributed by atoms with E-state index >= 15 is 0 Å². The zero-order valence-corrected chi connectivity index (χ0v) is 21.9. The number of carbonyl (C=O) groups excluding carboxylic acids is 2. The summed E-state index contributed by atoms with van der Waals surface area (Å²) in [5.74, 6) is -0.557. The lowest BCUT2D eigenvalue weighted by Gasteiger charge is -2.33. The molecule has 1 aliphatic rings. The fourth-order valence-corrected chi connectivity index (χ4v) is 5.51. The second kappa shape index (κ2) is 11.7. The van der Waals surface area contributed by atoms with Crippen molar-refractivity contribution < 1.29 is 18.0 Å². The lowest BCUT2D eigenvalue weighted by atomic mass is 10.1. The van der Waals surface area contributed by atoms with Crippen LogP contribution >= 0.6 is 24.0 Å². The molecule has 3 N–H and O–H groups in total.